The van der Waals surface area contributed by atoms with Gasteiger partial charge in [-0.15, -0.1) is 0 Å². The van der Waals surface area contributed by atoms with Gasteiger partial charge in [0.25, 0.3) is 0 Å². The van der Waals surface area contributed by atoms with Crippen LogP contribution in [0.25, 0.3) is 0 Å². The van der Waals surface area contributed by atoms with Gasteiger partial charge in [0.05, 0.1) is 25.9 Å². The van der Waals surface area contributed by atoms with Crippen molar-refractivity contribution >= 4 is 0 Å². The number of fused-ring (bicyclic) bond motifs is 1. The zero-order chi connectivity index (χ0) is 13.5. The first-order chi connectivity index (χ1) is 9.83. The highest BCUT2D eigenvalue weighted by Gasteiger charge is 2.45. The molecule has 0 aromatic heterocycles. The Morgan fingerprint density at radius 2 is 1.60 bits per heavy atom. The van der Waals surface area contributed by atoms with Crippen molar-refractivity contribution in [2.24, 2.45) is 29.6 Å². The molecule has 4 rings (SSSR count). The van der Waals surface area contributed by atoms with Crippen LogP contribution in [-0.4, -0.2) is 37.1 Å². The maximum Gasteiger partial charge on any atom is 0.107 e. The lowest BCUT2D eigenvalue weighted by Gasteiger charge is -2.46. The summed E-state index contributed by atoms with van der Waals surface area (Å²) in [6.07, 6.45) is 7.62. The zero-order valence-electron chi connectivity index (χ0n) is 12.1. The van der Waals surface area contributed by atoms with Crippen LogP contribution < -0.4 is 0 Å². The van der Waals surface area contributed by atoms with Crippen LogP contribution in [0.3, 0.4) is 0 Å². The van der Waals surface area contributed by atoms with E-state index in [1.165, 1.54) is 38.5 Å². The van der Waals surface area contributed by atoms with E-state index in [1.54, 1.807) is 0 Å². The average molecular weight is 282 g/mol. The van der Waals surface area contributed by atoms with Crippen molar-refractivity contribution in [1.82, 2.24) is 0 Å². The summed E-state index contributed by atoms with van der Waals surface area (Å²) in [7, 11) is 0. The molecule has 4 nitrogen and oxygen atoms in total. The van der Waals surface area contributed by atoms with E-state index in [2.05, 4.69) is 0 Å². The highest BCUT2D eigenvalue weighted by atomic mass is 17.2. The van der Waals surface area contributed by atoms with Gasteiger partial charge in [-0.05, 0) is 49.4 Å². The van der Waals surface area contributed by atoms with Gasteiger partial charge in [-0.3, -0.25) is 0 Å². The van der Waals surface area contributed by atoms with Crippen LogP contribution in [0.2, 0.25) is 0 Å². The van der Waals surface area contributed by atoms with Crippen LogP contribution in [0.4, 0.5) is 0 Å². The molecule has 2 saturated heterocycles. The van der Waals surface area contributed by atoms with Crippen molar-refractivity contribution in [1.29, 1.82) is 0 Å². The Morgan fingerprint density at radius 1 is 0.850 bits per heavy atom. The molecule has 1 N–H and O–H groups in total. The fourth-order valence-electron chi connectivity index (χ4n) is 5.07. The van der Waals surface area contributed by atoms with Gasteiger partial charge >= 0.3 is 0 Å². The maximum absolute atomic E-state index is 10.3. The number of aliphatic hydroxyl groups excluding tert-OH is 1. The summed E-state index contributed by atoms with van der Waals surface area (Å²) in [5, 5.41) is 10.3. The number of hydrogen-bond donors (Lipinski definition) is 1. The normalized spacial score (nSPS) is 47.0. The molecule has 0 bridgehead atoms. The van der Waals surface area contributed by atoms with Gasteiger partial charge < -0.3 is 9.84 Å². The quantitative estimate of drug-likeness (QED) is 0.636. The van der Waals surface area contributed by atoms with E-state index in [1.807, 2.05) is 0 Å². The topological polar surface area (TPSA) is 51.2 Å². The van der Waals surface area contributed by atoms with E-state index in [4.69, 9.17) is 14.5 Å². The molecule has 4 aliphatic rings. The van der Waals surface area contributed by atoms with Gasteiger partial charge in [0.15, 0.2) is 0 Å². The molecule has 4 heteroatoms. The second-order valence-electron chi connectivity index (χ2n) is 7.28. The molecular formula is C16H26O4. The Morgan fingerprint density at radius 3 is 2.35 bits per heavy atom. The monoisotopic (exact) mass is 282 g/mol. The minimum atomic E-state index is -0.213. The van der Waals surface area contributed by atoms with Crippen molar-refractivity contribution in [2.45, 2.75) is 50.7 Å². The number of rotatable bonds is 3. The summed E-state index contributed by atoms with van der Waals surface area (Å²) in [6, 6.07) is 0. The van der Waals surface area contributed by atoms with Crippen molar-refractivity contribution in [2.75, 3.05) is 19.8 Å². The molecular weight excluding hydrogens is 256 g/mol. The lowest BCUT2D eigenvalue weighted by molar-refractivity contribution is -0.248. The minimum absolute atomic E-state index is 0.146. The molecule has 20 heavy (non-hydrogen) atoms. The van der Waals surface area contributed by atoms with Gasteiger partial charge in [-0.25, -0.2) is 9.78 Å². The standard InChI is InChI=1S/C16H26O4/c17-16(15-9-18-15)11-4-5-14-10(6-11)2-1-3-13(14)12-7-19-20-8-12/h10-17H,1-9H2. The predicted molar refractivity (Wildman–Crippen MR) is 72.8 cm³/mol. The Labute approximate surface area is 120 Å². The SMILES string of the molecule is OC(C1CCC2C(CCCC2C2COOC2)C1)C1CO1. The number of aliphatic hydroxyl groups is 1. The second kappa shape index (κ2) is 5.56. The molecule has 0 spiro atoms. The van der Waals surface area contributed by atoms with Gasteiger partial charge in [-0.1, -0.05) is 12.8 Å². The van der Waals surface area contributed by atoms with E-state index >= 15 is 0 Å². The first-order valence-corrected chi connectivity index (χ1v) is 8.37. The number of hydrogen-bond acceptors (Lipinski definition) is 4. The minimum Gasteiger partial charge on any atom is -0.390 e. The van der Waals surface area contributed by atoms with Crippen molar-refractivity contribution in [3.05, 3.63) is 0 Å². The van der Waals surface area contributed by atoms with E-state index in [-0.39, 0.29) is 12.2 Å². The van der Waals surface area contributed by atoms with Gasteiger partial charge in [0, 0.05) is 5.92 Å². The van der Waals surface area contributed by atoms with E-state index in [0.717, 1.165) is 37.6 Å². The molecule has 2 aliphatic carbocycles. The molecule has 4 fully saturated rings. The van der Waals surface area contributed by atoms with Crippen molar-refractivity contribution in [3.8, 4) is 0 Å². The summed E-state index contributed by atoms with van der Waals surface area (Å²) in [5.41, 5.74) is 0. The highest BCUT2D eigenvalue weighted by molar-refractivity contribution is 4.94. The average Bonchev–Trinajstić information content (AvgIpc) is 3.20. The van der Waals surface area contributed by atoms with Crippen LogP contribution in [0.1, 0.15) is 38.5 Å². The predicted octanol–water partition coefficient (Wildman–Crippen LogP) is 2.16. The third-order valence-electron chi connectivity index (χ3n) is 6.22. The van der Waals surface area contributed by atoms with E-state index < -0.39 is 0 Å². The van der Waals surface area contributed by atoms with Crippen LogP contribution >= 0.6 is 0 Å². The van der Waals surface area contributed by atoms with Crippen molar-refractivity contribution < 1.29 is 19.6 Å². The van der Waals surface area contributed by atoms with E-state index in [0.29, 0.717) is 11.8 Å². The first-order valence-electron chi connectivity index (χ1n) is 8.37. The lowest BCUT2D eigenvalue weighted by atomic mass is 9.59. The summed E-state index contributed by atoms with van der Waals surface area (Å²) in [4.78, 5) is 10.3. The number of epoxide rings is 1. The van der Waals surface area contributed by atoms with E-state index in [9.17, 15) is 5.11 Å². The molecule has 2 saturated carbocycles. The van der Waals surface area contributed by atoms with Crippen LogP contribution in [0.5, 0.6) is 0 Å². The lowest BCUT2D eigenvalue weighted by Crippen LogP contribution is -2.41. The molecule has 2 heterocycles. The zero-order valence-corrected chi connectivity index (χ0v) is 12.1. The van der Waals surface area contributed by atoms with Crippen molar-refractivity contribution in [3.63, 3.8) is 0 Å². The summed E-state index contributed by atoms with van der Waals surface area (Å²) in [6.45, 7) is 2.34. The first kappa shape index (κ1) is 13.5. The Bertz CT molecular complexity index is 337. The number of ether oxygens (including phenoxy) is 1. The molecule has 0 radical (unpaired) electrons. The Balaban J connectivity index is 1.40. The third-order valence-corrected chi connectivity index (χ3v) is 6.22. The molecule has 2 aliphatic heterocycles. The molecule has 114 valence electrons. The van der Waals surface area contributed by atoms with Gasteiger partial charge in [0.2, 0.25) is 0 Å². The fraction of sp³-hybridized carbons (Fsp3) is 1.00. The largest absolute Gasteiger partial charge is 0.390 e. The molecule has 6 unspecified atom stereocenters. The third kappa shape index (κ3) is 2.52. The molecule has 6 atom stereocenters. The van der Waals surface area contributed by atoms with Crippen LogP contribution in [0.15, 0.2) is 0 Å². The molecule has 0 aromatic carbocycles. The molecule has 0 amide bonds. The van der Waals surface area contributed by atoms with Crippen LogP contribution in [-0.2, 0) is 14.5 Å². The second-order valence-corrected chi connectivity index (χ2v) is 7.28. The summed E-state index contributed by atoms with van der Waals surface area (Å²) >= 11 is 0. The summed E-state index contributed by atoms with van der Waals surface area (Å²) < 4.78 is 5.28. The highest BCUT2D eigenvalue weighted by Crippen LogP contribution is 2.49. The van der Waals surface area contributed by atoms with Crippen LogP contribution in [0, 0.1) is 29.6 Å². The molecule has 0 aromatic rings. The fourth-order valence-corrected chi connectivity index (χ4v) is 5.07. The summed E-state index contributed by atoms with van der Waals surface area (Å²) in [5.74, 6) is 3.50. The Kier molecular flexibility index (Phi) is 3.75. The van der Waals surface area contributed by atoms with Gasteiger partial charge in [0.1, 0.15) is 6.10 Å². The van der Waals surface area contributed by atoms with Gasteiger partial charge in [-0.2, -0.15) is 0 Å². The Hall–Kier alpha value is -0.160. The smallest absolute Gasteiger partial charge is 0.107 e. The maximum atomic E-state index is 10.3.